The molecule has 0 aromatic heterocycles. The van der Waals surface area contributed by atoms with Crippen LogP contribution in [0.2, 0.25) is 0 Å². The number of nitrogens with one attached hydrogen (secondary N) is 4. The van der Waals surface area contributed by atoms with Gasteiger partial charge >= 0.3 is 12.0 Å². The molecule has 0 saturated heterocycles. The van der Waals surface area contributed by atoms with Crippen LogP contribution in [0.5, 0.6) is 0 Å². The van der Waals surface area contributed by atoms with Crippen molar-refractivity contribution in [3.05, 3.63) is 42.0 Å². The Morgan fingerprint density at radius 1 is 0.896 bits per heavy atom. The third-order valence-corrected chi connectivity index (χ3v) is 8.08. The predicted octanol–water partition coefficient (Wildman–Crippen LogP) is 2.66. The first-order valence-electron chi connectivity index (χ1n) is 16.4. The summed E-state index contributed by atoms with van der Waals surface area (Å²) in [6.45, 7) is 9.65. The van der Waals surface area contributed by atoms with E-state index in [0.717, 1.165) is 10.5 Å². The van der Waals surface area contributed by atoms with Gasteiger partial charge in [-0.2, -0.15) is 0 Å². The molecule has 0 aliphatic carbocycles. The molecule has 0 unspecified atom stereocenters. The van der Waals surface area contributed by atoms with Gasteiger partial charge in [0.1, 0.15) is 18.7 Å². The number of primary amides is 1. The molecule has 14 heteroatoms. The molecular weight excluding hydrogens is 620 g/mol. The highest BCUT2D eigenvalue weighted by Gasteiger charge is 2.29. The molecule has 7 amide bonds. The number of hydrogen-bond donors (Lipinski definition) is 5. The monoisotopic (exact) mass is 670 g/mol. The van der Waals surface area contributed by atoms with E-state index in [4.69, 9.17) is 10.5 Å². The summed E-state index contributed by atoms with van der Waals surface area (Å²) in [4.78, 5) is 87.3. The van der Waals surface area contributed by atoms with Crippen molar-refractivity contribution in [1.82, 2.24) is 20.9 Å². The normalized spacial score (nSPS) is 14.0. The van der Waals surface area contributed by atoms with Gasteiger partial charge in [0.05, 0.1) is 5.41 Å². The maximum absolute atomic E-state index is 13.4. The minimum atomic E-state index is -0.993. The van der Waals surface area contributed by atoms with Gasteiger partial charge in [-0.05, 0) is 69.6 Å². The van der Waals surface area contributed by atoms with Gasteiger partial charge < -0.3 is 31.7 Å². The molecule has 2 atom stereocenters. The SMILES string of the molecule is CCC(C)(C)C(=O)OCc1ccc(NC(=O)[C@@H](CCCNC(N)=O)NC(=O)[C@H](NC(=O)CCCCCN2C(=O)C=CC2=O)C(C)C)cc1. The molecule has 1 aromatic carbocycles. The Balaban J connectivity index is 1.96. The lowest BCUT2D eigenvalue weighted by molar-refractivity contribution is -0.155. The lowest BCUT2D eigenvalue weighted by Gasteiger charge is -2.25. The van der Waals surface area contributed by atoms with Crippen LogP contribution in [0.1, 0.15) is 85.1 Å². The average molecular weight is 671 g/mol. The first-order chi connectivity index (χ1) is 22.6. The van der Waals surface area contributed by atoms with Gasteiger partial charge in [0.25, 0.3) is 11.8 Å². The summed E-state index contributed by atoms with van der Waals surface area (Å²) in [6, 6.07) is 4.15. The Hall–Kier alpha value is -4.75. The van der Waals surface area contributed by atoms with Crippen LogP contribution < -0.4 is 27.0 Å². The smallest absolute Gasteiger partial charge is 0.312 e. The second-order valence-corrected chi connectivity index (χ2v) is 12.8. The second kappa shape index (κ2) is 19.2. The second-order valence-electron chi connectivity index (χ2n) is 12.8. The fourth-order valence-electron chi connectivity index (χ4n) is 4.61. The van der Waals surface area contributed by atoms with Crippen molar-refractivity contribution >= 4 is 47.2 Å². The standard InChI is InChI=1S/C34H50N6O8/c1-6-34(4,5)32(46)48-21-23-13-15-24(16-14-23)37-30(44)25(11-10-19-36-33(35)47)38-31(45)29(22(2)3)39-26(41)12-8-7-9-20-40-27(42)17-18-28(40)43/h13-18,22,25,29H,6-12,19-21H2,1-5H3,(H,37,44)(H,38,45)(H,39,41)(H3,35,36,47)/t25-,29-/m1/s1. The summed E-state index contributed by atoms with van der Waals surface area (Å²) in [7, 11) is 0. The lowest BCUT2D eigenvalue weighted by atomic mass is 9.91. The van der Waals surface area contributed by atoms with Crippen LogP contribution in [0, 0.1) is 11.3 Å². The number of carbonyl (C=O) groups is 7. The molecule has 1 aromatic rings. The molecule has 0 radical (unpaired) electrons. The molecule has 6 N–H and O–H groups in total. The Morgan fingerprint density at radius 3 is 2.12 bits per heavy atom. The van der Waals surface area contributed by atoms with Crippen LogP contribution in [0.25, 0.3) is 0 Å². The average Bonchev–Trinajstić information content (AvgIpc) is 3.36. The molecule has 0 spiro atoms. The van der Waals surface area contributed by atoms with Gasteiger partial charge in [0.2, 0.25) is 17.7 Å². The van der Waals surface area contributed by atoms with E-state index in [0.29, 0.717) is 37.8 Å². The summed E-state index contributed by atoms with van der Waals surface area (Å²) >= 11 is 0. The van der Waals surface area contributed by atoms with E-state index in [-0.39, 0.29) is 62.1 Å². The number of nitrogens with two attached hydrogens (primary N) is 1. The van der Waals surface area contributed by atoms with Crippen molar-refractivity contribution in [2.24, 2.45) is 17.1 Å². The Kier molecular flexibility index (Phi) is 15.7. The molecule has 1 aliphatic heterocycles. The zero-order chi connectivity index (χ0) is 35.9. The summed E-state index contributed by atoms with van der Waals surface area (Å²) in [5.74, 6) is -2.65. The molecule has 14 nitrogen and oxygen atoms in total. The Labute approximate surface area is 281 Å². The fraction of sp³-hybridized carbons (Fsp3) is 0.559. The highest BCUT2D eigenvalue weighted by atomic mass is 16.5. The first-order valence-corrected chi connectivity index (χ1v) is 16.4. The van der Waals surface area contributed by atoms with Crippen molar-refractivity contribution in [3.8, 4) is 0 Å². The first kappa shape index (κ1) is 39.4. The van der Waals surface area contributed by atoms with E-state index in [9.17, 15) is 33.6 Å². The van der Waals surface area contributed by atoms with Crippen molar-refractivity contribution in [3.63, 3.8) is 0 Å². The van der Waals surface area contributed by atoms with Gasteiger partial charge in [-0.15, -0.1) is 0 Å². The fourth-order valence-corrected chi connectivity index (χ4v) is 4.61. The van der Waals surface area contributed by atoms with Crippen LogP contribution in [-0.4, -0.2) is 71.6 Å². The summed E-state index contributed by atoms with van der Waals surface area (Å²) < 4.78 is 5.42. The minimum Gasteiger partial charge on any atom is -0.460 e. The quantitative estimate of drug-likeness (QED) is 0.0790. The third-order valence-electron chi connectivity index (χ3n) is 8.08. The van der Waals surface area contributed by atoms with E-state index in [1.54, 1.807) is 38.1 Å². The number of ether oxygens (including phenoxy) is 1. The summed E-state index contributed by atoms with van der Waals surface area (Å²) in [6.07, 6.45) is 5.41. The van der Waals surface area contributed by atoms with Crippen LogP contribution in [-0.2, 0) is 40.1 Å². The van der Waals surface area contributed by atoms with Crippen LogP contribution in [0.15, 0.2) is 36.4 Å². The summed E-state index contributed by atoms with van der Waals surface area (Å²) in [5.41, 5.74) is 5.75. The van der Waals surface area contributed by atoms with Crippen LogP contribution in [0.3, 0.4) is 0 Å². The van der Waals surface area contributed by atoms with Crippen molar-refractivity contribution < 1.29 is 38.3 Å². The molecule has 0 bridgehead atoms. The van der Waals surface area contributed by atoms with Crippen molar-refractivity contribution in [1.29, 1.82) is 0 Å². The van der Waals surface area contributed by atoms with Crippen LogP contribution in [0.4, 0.5) is 10.5 Å². The number of rotatable bonds is 20. The number of unbranched alkanes of at least 4 members (excludes halogenated alkanes) is 2. The number of esters is 1. The maximum atomic E-state index is 13.4. The van der Waals surface area contributed by atoms with E-state index < -0.39 is 35.3 Å². The number of imide groups is 1. The van der Waals surface area contributed by atoms with Crippen molar-refractivity contribution in [2.75, 3.05) is 18.4 Å². The zero-order valence-corrected chi connectivity index (χ0v) is 28.6. The van der Waals surface area contributed by atoms with Gasteiger partial charge in [-0.25, -0.2) is 4.79 Å². The number of nitrogens with zero attached hydrogens (tertiary/aromatic N) is 1. The van der Waals surface area contributed by atoms with E-state index in [1.807, 2.05) is 20.8 Å². The van der Waals surface area contributed by atoms with E-state index >= 15 is 0 Å². The number of benzene rings is 1. The third kappa shape index (κ3) is 13.2. The lowest BCUT2D eigenvalue weighted by Crippen LogP contribution is -2.54. The Morgan fingerprint density at radius 2 is 1.54 bits per heavy atom. The molecule has 2 rings (SSSR count). The number of anilines is 1. The van der Waals surface area contributed by atoms with Gasteiger partial charge in [-0.1, -0.05) is 39.3 Å². The molecule has 1 heterocycles. The molecule has 0 fully saturated rings. The largest absolute Gasteiger partial charge is 0.460 e. The number of urea groups is 1. The topological polar surface area (TPSA) is 206 Å². The highest BCUT2D eigenvalue weighted by Crippen LogP contribution is 2.22. The van der Waals surface area contributed by atoms with Crippen LogP contribution >= 0.6 is 0 Å². The molecule has 1 aliphatic rings. The van der Waals surface area contributed by atoms with Gasteiger partial charge in [-0.3, -0.25) is 33.7 Å². The van der Waals surface area contributed by atoms with Gasteiger partial charge in [0.15, 0.2) is 0 Å². The number of carbonyl (C=O) groups excluding carboxylic acids is 7. The maximum Gasteiger partial charge on any atom is 0.312 e. The Bertz CT molecular complexity index is 1320. The van der Waals surface area contributed by atoms with E-state index in [2.05, 4.69) is 21.3 Å². The van der Waals surface area contributed by atoms with Crippen molar-refractivity contribution in [2.45, 2.75) is 98.3 Å². The molecule has 0 saturated carbocycles. The molecule has 48 heavy (non-hydrogen) atoms. The predicted molar refractivity (Wildman–Crippen MR) is 179 cm³/mol. The molecule has 264 valence electrons. The molecular formula is C34H50N6O8. The highest BCUT2D eigenvalue weighted by molar-refractivity contribution is 6.12. The number of amides is 7. The van der Waals surface area contributed by atoms with Gasteiger partial charge in [0, 0.05) is 37.3 Å². The minimum absolute atomic E-state index is 0.0860. The number of hydrogen-bond acceptors (Lipinski definition) is 8. The zero-order valence-electron chi connectivity index (χ0n) is 28.6. The van der Waals surface area contributed by atoms with E-state index in [1.165, 1.54) is 12.2 Å². The summed E-state index contributed by atoms with van der Waals surface area (Å²) in [5, 5.41) is 10.8.